The summed E-state index contributed by atoms with van der Waals surface area (Å²) in [5, 5.41) is 24.7. The molecule has 0 saturated heterocycles. The van der Waals surface area contributed by atoms with Gasteiger partial charge in [0.1, 0.15) is 11.4 Å². The Bertz CT molecular complexity index is 747. The van der Waals surface area contributed by atoms with Crippen LogP contribution in [0.15, 0.2) is 59.1 Å². The van der Waals surface area contributed by atoms with E-state index < -0.39 is 0 Å². The molecule has 2 rings (SSSR count). The van der Waals surface area contributed by atoms with Crippen LogP contribution in [0.4, 0.5) is 0 Å². The first-order chi connectivity index (χ1) is 17.8. The van der Waals surface area contributed by atoms with Crippen molar-refractivity contribution in [1.29, 1.82) is 0 Å². The molecule has 0 amide bonds. The smallest absolute Gasteiger partial charge is 0.105 e. The van der Waals surface area contributed by atoms with Crippen LogP contribution in [-0.2, 0) is 17.1 Å². The molecule has 0 aliphatic rings. The summed E-state index contributed by atoms with van der Waals surface area (Å²) >= 11 is 0. The topological polar surface area (TPSA) is 91.0 Å². The molecule has 6 nitrogen and oxygen atoms in total. The predicted octanol–water partition coefficient (Wildman–Crippen LogP) is 8.80. The van der Waals surface area contributed by atoms with E-state index in [2.05, 4.69) is 34.1 Å². The second kappa shape index (κ2) is 25.4. The van der Waals surface area contributed by atoms with Gasteiger partial charge in [-0.3, -0.25) is 9.97 Å². The first-order valence-corrected chi connectivity index (χ1v) is 14.0. The van der Waals surface area contributed by atoms with Crippen molar-refractivity contribution in [2.24, 2.45) is 10.3 Å². The van der Waals surface area contributed by atoms with Crippen LogP contribution in [0, 0.1) is 0 Å². The molecule has 0 atom stereocenters. The van der Waals surface area contributed by atoms with Crippen LogP contribution in [0.2, 0.25) is 0 Å². The molecule has 0 bridgehead atoms. The van der Waals surface area contributed by atoms with Crippen molar-refractivity contribution in [1.82, 2.24) is 9.97 Å². The maximum atomic E-state index is 9.00. The number of oxime groups is 2. The van der Waals surface area contributed by atoms with E-state index in [0.29, 0.717) is 11.4 Å². The molecule has 0 fully saturated rings. The van der Waals surface area contributed by atoms with Crippen LogP contribution in [0.5, 0.6) is 0 Å². The number of unbranched alkanes of at least 4 members (excludes halogenated alkanes) is 12. The van der Waals surface area contributed by atoms with Crippen LogP contribution < -0.4 is 0 Å². The number of aromatic nitrogens is 2. The number of pyridine rings is 2. The van der Waals surface area contributed by atoms with Crippen molar-refractivity contribution in [2.75, 3.05) is 0 Å². The molecule has 2 aromatic rings. The van der Waals surface area contributed by atoms with E-state index >= 15 is 0 Å². The van der Waals surface area contributed by atoms with E-state index in [9.17, 15) is 0 Å². The van der Waals surface area contributed by atoms with Crippen molar-refractivity contribution in [2.45, 2.75) is 117 Å². The normalized spacial score (nSPS) is 11.4. The molecule has 7 heteroatoms. The minimum Gasteiger partial charge on any atom is -0.411 e. The van der Waals surface area contributed by atoms with Gasteiger partial charge in [0.2, 0.25) is 0 Å². The average molecular weight is 560 g/mol. The Morgan fingerprint density at radius 2 is 0.919 bits per heavy atom. The monoisotopic (exact) mass is 559 g/mol. The van der Waals surface area contributed by atoms with E-state index in [1.807, 2.05) is 36.4 Å². The van der Waals surface area contributed by atoms with Gasteiger partial charge in [-0.25, -0.2) is 0 Å². The molecule has 211 valence electrons. The van der Waals surface area contributed by atoms with Gasteiger partial charge in [0, 0.05) is 29.5 Å². The third kappa shape index (κ3) is 17.8. The van der Waals surface area contributed by atoms with Crippen LogP contribution in [0.3, 0.4) is 0 Å². The average Bonchev–Trinajstić information content (AvgIpc) is 2.93. The van der Waals surface area contributed by atoms with E-state index in [1.165, 1.54) is 77.0 Å². The Hall–Kier alpha value is -2.24. The third-order valence-electron chi connectivity index (χ3n) is 6.20. The molecule has 0 aliphatic carbocycles. The van der Waals surface area contributed by atoms with Crippen molar-refractivity contribution < 1.29 is 27.5 Å². The molecular weight excluding hydrogens is 512 g/mol. The molecule has 0 unspecified atom stereocenters. The molecule has 0 saturated carbocycles. The molecular formula is C30H48CuN4O2. The van der Waals surface area contributed by atoms with Crippen molar-refractivity contribution >= 4 is 11.4 Å². The fourth-order valence-corrected chi connectivity index (χ4v) is 4.02. The molecule has 0 aliphatic heterocycles. The Kier molecular flexibility index (Phi) is 23.9. The van der Waals surface area contributed by atoms with Crippen LogP contribution >= 0.6 is 0 Å². The quantitative estimate of drug-likeness (QED) is 0.0627. The van der Waals surface area contributed by atoms with Crippen LogP contribution in [0.25, 0.3) is 0 Å². The third-order valence-corrected chi connectivity index (χ3v) is 6.20. The Morgan fingerprint density at radius 1 is 0.568 bits per heavy atom. The molecule has 0 spiro atoms. The molecule has 2 N–H and O–H groups in total. The molecule has 2 aromatic heterocycles. The van der Waals surface area contributed by atoms with Crippen molar-refractivity contribution in [3.63, 3.8) is 0 Å². The standard InChI is InChI=1S/2C15H24N2O.Cu/c2*1-2-3-4-5-6-7-8-12-15(17-18)14-11-9-10-13-16-14;/h2*9-11,13,18H,2-8,12H2,1H3;/b2*17-15+;. The number of rotatable bonds is 18. The van der Waals surface area contributed by atoms with Gasteiger partial charge in [0.15, 0.2) is 0 Å². The minimum absolute atomic E-state index is 0. The number of hydrogen-bond donors (Lipinski definition) is 2. The summed E-state index contributed by atoms with van der Waals surface area (Å²) in [5.74, 6) is 0. The molecule has 1 radical (unpaired) electrons. The van der Waals surface area contributed by atoms with Gasteiger partial charge in [0.05, 0.1) is 11.4 Å². The minimum atomic E-state index is 0. The summed E-state index contributed by atoms with van der Waals surface area (Å²) in [5.41, 5.74) is 2.96. The van der Waals surface area contributed by atoms with Gasteiger partial charge < -0.3 is 10.4 Å². The fourth-order valence-electron chi connectivity index (χ4n) is 4.02. The summed E-state index contributed by atoms with van der Waals surface area (Å²) < 4.78 is 0. The molecule has 2 heterocycles. The zero-order valence-corrected chi connectivity index (χ0v) is 23.9. The van der Waals surface area contributed by atoms with Crippen LogP contribution in [-0.4, -0.2) is 31.8 Å². The zero-order valence-electron chi connectivity index (χ0n) is 22.9. The van der Waals surface area contributed by atoms with Gasteiger partial charge in [-0.15, -0.1) is 0 Å². The maximum Gasteiger partial charge on any atom is 0.105 e. The number of hydrogen-bond acceptors (Lipinski definition) is 6. The number of nitrogens with zero attached hydrogens (tertiary/aromatic N) is 4. The summed E-state index contributed by atoms with van der Waals surface area (Å²) in [7, 11) is 0. The largest absolute Gasteiger partial charge is 0.411 e. The fraction of sp³-hybridized carbons (Fsp3) is 0.600. The van der Waals surface area contributed by atoms with Gasteiger partial charge in [-0.05, 0) is 49.9 Å². The SMILES string of the molecule is CCCCCCCCC/C(=N\O)c1ccccn1.CCCCCCCCC/C(=N\O)c1ccccn1.[Cu]. The Morgan fingerprint density at radius 3 is 1.22 bits per heavy atom. The summed E-state index contributed by atoms with van der Waals surface area (Å²) in [6, 6.07) is 11.3. The van der Waals surface area contributed by atoms with Gasteiger partial charge >= 0.3 is 0 Å². The Labute approximate surface area is 235 Å². The summed E-state index contributed by atoms with van der Waals surface area (Å²) in [4.78, 5) is 8.40. The van der Waals surface area contributed by atoms with Gasteiger partial charge in [-0.1, -0.05) is 113 Å². The first kappa shape index (κ1) is 34.8. The summed E-state index contributed by atoms with van der Waals surface area (Å²) in [6.07, 6.45) is 22.8. The van der Waals surface area contributed by atoms with E-state index in [0.717, 1.165) is 37.1 Å². The maximum absolute atomic E-state index is 9.00. The Balaban J connectivity index is 0.000000682. The van der Waals surface area contributed by atoms with E-state index in [1.54, 1.807) is 12.4 Å². The van der Waals surface area contributed by atoms with Crippen LogP contribution in [0.1, 0.15) is 128 Å². The molecule has 37 heavy (non-hydrogen) atoms. The zero-order chi connectivity index (χ0) is 26.1. The van der Waals surface area contributed by atoms with E-state index in [4.69, 9.17) is 10.4 Å². The predicted molar refractivity (Wildman–Crippen MR) is 150 cm³/mol. The summed E-state index contributed by atoms with van der Waals surface area (Å²) in [6.45, 7) is 4.47. The molecule has 0 aromatic carbocycles. The second-order valence-corrected chi connectivity index (χ2v) is 9.27. The van der Waals surface area contributed by atoms with E-state index in [-0.39, 0.29) is 17.1 Å². The van der Waals surface area contributed by atoms with Gasteiger partial charge in [-0.2, -0.15) is 0 Å². The van der Waals surface area contributed by atoms with Crippen molar-refractivity contribution in [3.05, 3.63) is 60.2 Å². The van der Waals surface area contributed by atoms with Crippen molar-refractivity contribution in [3.8, 4) is 0 Å². The second-order valence-electron chi connectivity index (χ2n) is 9.27. The first-order valence-electron chi connectivity index (χ1n) is 14.0. The van der Waals surface area contributed by atoms with Gasteiger partial charge in [0.25, 0.3) is 0 Å².